The standard InChI is InChI=1S/C40H44O14/c1-21(43)50-25-11-6-8-22(16-25)17-28(27-13-3-5-15-30(27)52-40-38(49)36(47)34(45)32(20-42)54-40)24-10-7-9-23(18-24)26-12-2-4-14-29(26)51-39-37(48)35(46)33(44)31(19-41)53-39/h2-16,18,28,31-42,44-49H,17,19-20H2,1H3/t28?,31-,32-,33-,34-,35+,36+,37+,38+,39-,40-/m1/s1. The van der Waals surface area contributed by atoms with Crippen molar-refractivity contribution in [3.8, 4) is 28.4 Å². The zero-order valence-electron chi connectivity index (χ0n) is 29.2. The molecule has 4 aromatic rings. The van der Waals surface area contributed by atoms with Crippen molar-refractivity contribution in [2.75, 3.05) is 13.2 Å². The van der Waals surface area contributed by atoms with Crippen molar-refractivity contribution >= 4 is 5.97 Å². The predicted octanol–water partition coefficient (Wildman–Crippen LogP) is 1.01. The lowest BCUT2D eigenvalue weighted by atomic mass is 9.84. The molecule has 2 aliphatic heterocycles. The van der Waals surface area contributed by atoms with Crippen LogP contribution in [0.3, 0.4) is 0 Å². The van der Waals surface area contributed by atoms with Crippen molar-refractivity contribution in [1.82, 2.24) is 0 Å². The highest BCUT2D eigenvalue weighted by Gasteiger charge is 2.46. The Labute approximate surface area is 311 Å². The Bertz CT molecular complexity index is 1870. The molecule has 0 amide bonds. The largest absolute Gasteiger partial charge is 0.462 e. The summed E-state index contributed by atoms with van der Waals surface area (Å²) in [5, 5.41) is 82.2. The number of esters is 1. The number of aliphatic hydroxyl groups excluding tert-OH is 8. The number of benzene rings is 4. The van der Waals surface area contributed by atoms with Crippen molar-refractivity contribution in [3.05, 3.63) is 114 Å². The van der Waals surface area contributed by atoms with E-state index in [4.69, 9.17) is 23.7 Å². The first-order chi connectivity index (χ1) is 26.0. The lowest BCUT2D eigenvalue weighted by Crippen LogP contribution is -2.60. The number of ether oxygens (including phenoxy) is 5. The summed E-state index contributed by atoms with van der Waals surface area (Å²) in [5.41, 5.74) is 3.53. The van der Waals surface area contributed by atoms with Crippen LogP contribution in [0.25, 0.3) is 11.1 Å². The van der Waals surface area contributed by atoms with E-state index >= 15 is 0 Å². The lowest BCUT2D eigenvalue weighted by molar-refractivity contribution is -0.277. The molecule has 6 rings (SSSR count). The summed E-state index contributed by atoms with van der Waals surface area (Å²) in [4.78, 5) is 11.8. The average Bonchev–Trinajstić information content (AvgIpc) is 3.17. The van der Waals surface area contributed by atoms with Gasteiger partial charge in [-0.2, -0.15) is 0 Å². The Morgan fingerprint density at radius 2 is 1.22 bits per heavy atom. The highest BCUT2D eigenvalue weighted by atomic mass is 16.7. The highest BCUT2D eigenvalue weighted by molar-refractivity contribution is 5.71. The Balaban J connectivity index is 1.38. The van der Waals surface area contributed by atoms with E-state index in [1.807, 2.05) is 42.5 Å². The van der Waals surface area contributed by atoms with Gasteiger partial charge in [0, 0.05) is 24.0 Å². The zero-order chi connectivity index (χ0) is 38.5. The van der Waals surface area contributed by atoms with Gasteiger partial charge in [-0.25, -0.2) is 0 Å². The van der Waals surface area contributed by atoms with Crippen molar-refractivity contribution in [2.24, 2.45) is 0 Å². The maximum atomic E-state index is 11.8. The summed E-state index contributed by atoms with van der Waals surface area (Å²) in [6.07, 6.45) is -14.5. The molecule has 288 valence electrons. The molecule has 14 heteroatoms. The number of hydrogen-bond donors (Lipinski definition) is 8. The van der Waals surface area contributed by atoms with Gasteiger partial charge in [0.2, 0.25) is 12.6 Å². The summed E-state index contributed by atoms with van der Waals surface area (Å²) < 4.78 is 28.9. The summed E-state index contributed by atoms with van der Waals surface area (Å²) in [6.45, 7) is 0.0794. The third kappa shape index (κ3) is 8.59. The first kappa shape index (κ1) is 39.2. The summed E-state index contributed by atoms with van der Waals surface area (Å²) in [5.74, 6) is 0.00438. The second-order valence-corrected chi connectivity index (χ2v) is 13.3. The van der Waals surface area contributed by atoms with Crippen molar-refractivity contribution in [1.29, 1.82) is 0 Å². The maximum absolute atomic E-state index is 11.8. The molecular formula is C40H44O14. The van der Waals surface area contributed by atoms with E-state index in [1.165, 1.54) is 6.92 Å². The summed E-state index contributed by atoms with van der Waals surface area (Å²) >= 11 is 0. The topological polar surface area (TPSA) is 225 Å². The molecule has 2 saturated heterocycles. The predicted molar refractivity (Wildman–Crippen MR) is 190 cm³/mol. The van der Waals surface area contributed by atoms with Crippen LogP contribution in [0.5, 0.6) is 17.2 Å². The van der Waals surface area contributed by atoms with Crippen molar-refractivity contribution in [2.45, 2.75) is 80.7 Å². The Morgan fingerprint density at radius 1 is 0.648 bits per heavy atom. The fourth-order valence-electron chi connectivity index (χ4n) is 6.73. The second-order valence-electron chi connectivity index (χ2n) is 13.3. The molecule has 0 aromatic heterocycles. The van der Waals surface area contributed by atoms with E-state index < -0.39 is 86.5 Å². The number of aliphatic hydroxyl groups is 8. The number of hydrogen-bond acceptors (Lipinski definition) is 14. The van der Waals surface area contributed by atoms with Gasteiger partial charge in [-0.3, -0.25) is 4.79 Å². The van der Waals surface area contributed by atoms with Crippen LogP contribution in [0.15, 0.2) is 97.1 Å². The van der Waals surface area contributed by atoms with Crippen LogP contribution in [0, 0.1) is 0 Å². The number of rotatable bonds is 12. The normalized spacial score (nSPS) is 28.9. The molecule has 2 fully saturated rings. The van der Waals surface area contributed by atoms with Gasteiger partial charge in [-0.05, 0) is 47.4 Å². The zero-order valence-corrected chi connectivity index (χ0v) is 29.2. The first-order valence-corrected chi connectivity index (χ1v) is 17.5. The lowest BCUT2D eigenvalue weighted by Gasteiger charge is -2.40. The molecule has 14 nitrogen and oxygen atoms in total. The van der Waals surface area contributed by atoms with Gasteiger partial charge in [0.25, 0.3) is 0 Å². The molecule has 0 spiro atoms. The minimum Gasteiger partial charge on any atom is -0.462 e. The molecular weight excluding hydrogens is 704 g/mol. The van der Waals surface area contributed by atoms with Crippen LogP contribution in [0.2, 0.25) is 0 Å². The van der Waals surface area contributed by atoms with Crippen LogP contribution in [-0.4, -0.2) is 121 Å². The Kier molecular flexibility index (Phi) is 12.6. The van der Waals surface area contributed by atoms with E-state index in [1.54, 1.807) is 54.6 Å². The summed E-state index contributed by atoms with van der Waals surface area (Å²) in [7, 11) is 0. The molecule has 54 heavy (non-hydrogen) atoms. The molecule has 0 bridgehead atoms. The fourth-order valence-corrected chi connectivity index (χ4v) is 6.73. The molecule has 2 heterocycles. The number of carbonyl (C=O) groups is 1. The molecule has 0 saturated carbocycles. The molecule has 8 N–H and O–H groups in total. The maximum Gasteiger partial charge on any atom is 0.308 e. The van der Waals surface area contributed by atoms with Crippen LogP contribution in [0.4, 0.5) is 0 Å². The Morgan fingerprint density at radius 3 is 1.85 bits per heavy atom. The molecule has 0 aliphatic carbocycles. The highest BCUT2D eigenvalue weighted by Crippen LogP contribution is 2.40. The second kappa shape index (κ2) is 17.3. The van der Waals surface area contributed by atoms with Gasteiger partial charge < -0.3 is 64.5 Å². The van der Waals surface area contributed by atoms with Gasteiger partial charge in [-0.15, -0.1) is 0 Å². The van der Waals surface area contributed by atoms with Gasteiger partial charge in [0.05, 0.1) is 13.2 Å². The van der Waals surface area contributed by atoms with Gasteiger partial charge in [-0.1, -0.05) is 72.8 Å². The fraction of sp³-hybridized carbons (Fsp3) is 0.375. The average molecular weight is 749 g/mol. The third-order valence-corrected chi connectivity index (χ3v) is 9.56. The first-order valence-electron chi connectivity index (χ1n) is 17.5. The van der Waals surface area contributed by atoms with Crippen LogP contribution in [0.1, 0.15) is 29.5 Å². The minimum absolute atomic E-state index is 0.288. The molecule has 1 unspecified atom stereocenters. The van der Waals surface area contributed by atoms with E-state index in [0.717, 1.165) is 11.1 Å². The van der Waals surface area contributed by atoms with Crippen LogP contribution >= 0.6 is 0 Å². The van der Waals surface area contributed by atoms with E-state index in [9.17, 15) is 45.6 Å². The van der Waals surface area contributed by atoms with Crippen molar-refractivity contribution in [3.63, 3.8) is 0 Å². The molecule has 11 atom stereocenters. The minimum atomic E-state index is -1.64. The quantitative estimate of drug-likeness (QED) is 0.0748. The van der Waals surface area contributed by atoms with Crippen molar-refractivity contribution < 1.29 is 69.3 Å². The monoisotopic (exact) mass is 748 g/mol. The third-order valence-electron chi connectivity index (χ3n) is 9.56. The van der Waals surface area contributed by atoms with Gasteiger partial charge in [0.1, 0.15) is 66.1 Å². The van der Waals surface area contributed by atoms with Crippen LogP contribution in [-0.2, 0) is 20.7 Å². The van der Waals surface area contributed by atoms with Crippen LogP contribution < -0.4 is 14.2 Å². The van der Waals surface area contributed by atoms with E-state index in [-0.39, 0.29) is 5.75 Å². The Hall–Kier alpha value is -4.45. The van der Waals surface area contributed by atoms with E-state index in [0.29, 0.717) is 34.6 Å². The molecule has 0 radical (unpaired) electrons. The smallest absolute Gasteiger partial charge is 0.308 e. The van der Waals surface area contributed by atoms with E-state index in [2.05, 4.69) is 0 Å². The molecule has 4 aromatic carbocycles. The number of para-hydroxylation sites is 2. The van der Waals surface area contributed by atoms with Gasteiger partial charge >= 0.3 is 5.97 Å². The van der Waals surface area contributed by atoms with Gasteiger partial charge in [0.15, 0.2) is 0 Å². The molecule has 2 aliphatic rings. The summed E-state index contributed by atoms with van der Waals surface area (Å²) in [6, 6.07) is 28.6. The SMILES string of the molecule is CC(=O)Oc1cccc(CC(c2cccc(-c3ccccc3O[C@@H]3O[C@H](CO)[C@@H](O)[C@H](O)[C@@H]3O)c2)c2ccccc2O[C@@H]2O[C@H](CO)[C@@H](O)[C@H](O)[C@@H]2O)c1. The number of carbonyl (C=O) groups excluding carboxylic acids is 1.